The van der Waals surface area contributed by atoms with Crippen molar-refractivity contribution in [3.05, 3.63) is 94.0 Å². The zero-order valence-corrected chi connectivity index (χ0v) is 18.1. The van der Waals surface area contributed by atoms with Gasteiger partial charge in [0, 0.05) is 10.0 Å². The molecule has 1 aliphatic heterocycles. The van der Waals surface area contributed by atoms with Crippen LogP contribution in [-0.2, 0) is 22.5 Å². The van der Waals surface area contributed by atoms with E-state index < -0.39 is 5.97 Å². The Morgan fingerprint density at radius 2 is 1.90 bits per heavy atom. The normalized spacial score (nSPS) is 15.6. The number of hydrogen-bond acceptors (Lipinski definition) is 4. The summed E-state index contributed by atoms with van der Waals surface area (Å²) in [6.07, 6.45) is -0.453. The monoisotopic (exact) mass is 481 g/mol. The van der Waals surface area contributed by atoms with Gasteiger partial charge in [0.25, 0.3) is 0 Å². The third-order valence-electron chi connectivity index (χ3n) is 5.00. The molecule has 0 aromatic heterocycles. The van der Waals surface area contributed by atoms with Crippen LogP contribution in [0.4, 0.5) is 4.79 Å². The summed E-state index contributed by atoms with van der Waals surface area (Å²) < 4.78 is 12.3. The average molecular weight is 482 g/mol. The van der Waals surface area contributed by atoms with Crippen LogP contribution < -0.4 is 4.74 Å². The Bertz CT molecular complexity index is 1100. The molecule has 0 unspecified atom stereocenters. The molecule has 158 valence electrons. The van der Waals surface area contributed by atoms with Gasteiger partial charge in [-0.25, -0.2) is 4.79 Å². The molecule has 1 amide bonds. The van der Waals surface area contributed by atoms with E-state index in [0.717, 1.165) is 15.6 Å². The molecule has 1 heterocycles. The summed E-state index contributed by atoms with van der Waals surface area (Å²) >= 11 is 3.49. The third-order valence-corrected chi connectivity index (χ3v) is 5.50. The Balaban J connectivity index is 1.60. The molecule has 0 saturated carbocycles. The number of amides is 1. The van der Waals surface area contributed by atoms with E-state index in [9.17, 15) is 9.59 Å². The number of benzene rings is 3. The first-order chi connectivity index (χ1) is 15.0. The van der Waals surface area contributed by atoms with Gasteiger partial charge in [0.05, 0.1) is 19.0 Å². The number of hydrogen-bond donors (Lipinski definition) is 1. The van der Waals surface area contributed by atoms with E-state index in [1.165, 1.54) is 0 Å². The average Bonchev–Trinajstić information content (AvgIpc) is 3.11. The van der Waals surface area contributed by atoms with Crippen molar-refractivity contribution in [1.82, 2.24) is 4.90 Å². The van der Waals surface area contributed by atoms with E-state index in [1.807, 2.05) is 48.5 Å². The van der Waals surface area contributed by atoms with Gasteiger partial charge in [-0.3, -0.25) is 9.69 Å². The van der Waals surface area contributed by atoms with E-state index in [1.54, 1.807) is 29.2 Å². The summed E-state index contributed by atoms with van der Waals surface area (Å²) in [5.74, 6) is 0.217. The highest BCUT2D eigenvalue weighted by molar-refractivity contribution is 9.10. The summed E-state index contributed by atoms with van der Waals surface area (Å²) in [5.41, 5.74) is 2.46. The molecule has 6 nitrogen and oxygen atoms in total. The van der Waals surface area contributed by atoms with Crippen molar-refractivity contribution in [2.75, 3.05) is 6.61 Å². The highest BCUT2D eigenvalue weighted by Crippen LogP contribution is 2.34. The highest BCUT2D eigenvalue weighted by Gasteiger charge is 2.34. The standard InChI is InChI=1S/C24H20BrNO5/c25-19-9-10-22(31-20-8-4-5-16(11-20)12-23(27)28)18(13-19)14-26-21(15-30-24(26)29)17-6-2-1-3-7-17/h1-11,13,21H,12,14-15H2,(H,27,28)/t21-/m1/s1. The maximum atomic E-state index is 12.5. The Morgan fingerprint density at radius 1 is 1.10 bits per heavy atom. The minimum Gasteiger partial charge on any atom is -0.481 e. The summed E-state index contributed by atoms with van der Waals surface area (Å²) in [5, 5.41) is 9.03. The molecule has 3 aromatic rings. The fourth-order valence-electron chi connectivity index (χ4n) is 3.55. The van der Waals surface area contributed by atoms with Crippen molar-refractivity contribution < 1.29 is 24.2 Å². The smallest absolute Gasteiger partial charge is 0.410 e. The summed E-state index contributed by atoms with van der Waals surface area (Å²) in [6, 6.07) is 22.2. The first-order valence-electron chi connectivity index (χ1n) is 9.75. The second-order valence-corrected chi connectivity index (χ2v) is 8.12. The van der Waals surface area contributed by atoms with Crippen LogP contribution in [0.1, 0.15) is 22.7 Å². The number of carbonyl (C=O) groups excluding carboxylic acids is 1. The van der Waals surface area contributed by atoms with Gasteiger partial charge in [0.15, 0.2) is 0 Å². The predicted molar refractivity (Wildman–Crippen MR) is 118 cm³/mol. The van der Waals surface area contributed by atoms with Crippen molar-refractivity contribution in [2.24, 2.45) is 0 Å². The molecule has 0 aliphatic carbocycles. The predicted octanol–water partition coefficient (Wildman–Crippen LogP) is 5.56. The molecule has 7 heteroatoms. The largest absolute Gasteiger partial charge is 0.481 e. The lowest BCUT2D eigenvalue weighted by Gasteiger charge is -2.23. The van der Waals surface area contributed by atoms with E-state index >= 15 is 0 Å². The van der Waals surface area contributed by atoms with E-state index in [4.69, 9.17) is 14.6 Å². The molecular weight excluding hydrogens is 462 g/mol. The number of rotatable bonds is 7. The fourth-order valence-corrected chi connectivity index (χ4v) is 3.96. The number of aliphatic carboxylic acids is 1. The van der Waals surface area contributed by atoms with E-state index in [2.05, 4.69) is 15.9 Å². The van der Waals surface area contributed by atoms with Crippen LogP contribution in [-0.4, -0.2) is 28.7 Å². The van der Waals surface area contributed by atoms with Crippen LogP contribution >= 0.6 is 15.9 Å². The van der Waals surface area contributed by atoms with Gasteiger partial charge in [-0.1, -0.05) is 58.4 Å². The molecular formula is C24H20BrNO5. The number of nitrogens with zero attached hydrogens (tertiary/aromatic N) is 1. The Hall–Kier alpha value is -3.32. The Morgan fingerprint density at radius 3 is 2.68 bits per heavy atom. The van der Waals surface area contributed by atoms with Crippen LogP contribution in [0.15, 0.2) is 77.3 Å². The van der Waals surface area contributed by atoms with Gasteiger partial charge in [0.2, 0.25) is 0 Å². The second-order valence-electron chi connectivity index (χ2n) is 7.20. The minimum absolute atomic E-state index is 0.0806. The quantitative estimate of drug-likeness (QED) is 0.477. The van der Waals surface area contributed by atoms with Gasteiger partial charge >= 0.3 is 12.1 Å². The molecule has 31 heavy (non-hydrogen) atoms. The van der Waals surface area contributed by atoms with Crippen molar-refractivity contribution in [1.29, 1.82) is 0 Å². The lowest BCUT2D eigenvalue weighted by molar-refractivity contribution is -0.136. The molecule has 1 atom stereocenters. The van der Waals surface area contributed by atoms with Crippen LogP contribution in [0.5, 0.6) is 11.5 Å². The number of carboxylic acid groups (broad SMARTS) is 1. The van der Waals surface area contributed by atoms with Crippen molar-refractivity contribution in [3.8, 4) is 11.5 Å². The van der Waals surface area contributed by atoms with Gasteiger partial charge < -0.3 is 14.6 Å². The van der Waals surface area contributed by atoms with Crippen LogP contribution in [0, 0.1) is 0 Å². The zero-order chi connectivity index (χ0) is 21.8. The lowest BCUT2D eigenvalue weighted by atomic mass is 10.1. The molecule has 0 bridgehead atoms. The molecule has 3 aromatic carbocycles. The topological polar surface area (TPSA) is 76.1 Å². The highest BCUT2D eigenvalue weighted by atomic mass is 79.9. The number of carbonyl (C=O) groups is 2. The first-order valence-corrected chi connectivity index (χ1v) is 10.5. The molecule has 4 rings (SSSR count). The van der Waals surface area contributed by atoms with Crippen LogP contribution in [0.2, 0.25) is 0 Å². The fraction of sp³-hybridized carbons (Fsp3) is 0.167. The SMILES string of the molecule is O=C(O)Cc1cccc(Oc2ccc(Br)cc2CN2C(=O)OC[C@@H]2c2ccccc2)c1. The van der Waals surface area contributed by atoms with Crippen LogP contribution in [0.25, 0.3) is 0 Å². The molecule has 1 aliphatic rings. The second kappa shape index (κ2) is 9.22. The maximum absolute atomic E-state index is 12.5. The van der Waals surface area contributed by atoms with Crippen molar-refractivity contribution in [2.45, 2.75) is 19.0 Å². The van der Waals surface area contributed by atoms with E-state index in [-0.39, 0.29) is 18.6 Å². The molecule has 1 saturated heterocycles. The summed E-state index contributed by atoms with van der Waals surface area (Å²) in [7, 11) is 0. The van der Waals surface area contributed by atoms with Crippen molar-refractivity contribution >= 4 is 28.0 Å². The van der Waals surface area contributed by atoms with Gasteiger partial charge in [-0.15, -0.1) is 0 Å². The lowest BCUT2D eigenvalue weighted by Crippen LogP contribution is -2.27. The molecule has 1 N–H and O–H groups in total. The summed E-state index contributed by atoms with van der Waals surface area (Å²) in [4.78, 5) is 25.2. The zero-order valence-electron chi connectivity index (χ0n) is 16.5. The third kappa shape index (κ3) is 5.06. The Kier molecular flexibility index (Phi) is 6.23. The van der Waals surface area contributed by atoms with E-state index in [0.29, 0.717) is 30.2 Å². The molecule has 1 fully saturated rings. The minimum atomic E-state index is -0.902. The molecule has 0 radical (unpaired) electrons. The Labute approximate surface area is 188 Å². The molecule has 0 spiro atoms. The van der Waals surface area contributed by atoms with Crippen LogP contribution in [0.3, 0.4) is 0 Å². The summed E-state index contributed by atoms with van der Waals surface area (Å²) in [6.45, 7) is 0.603. The maximum Gasteiger partial charge on any atom is 0.410 e. The number of halogens is 1. The number of ether oxygens (including phenoxy) is 2. The van der Waals surface area contributed by atoms with Crippen molar-refractivity contribution in [3.63, 3.8) is 0 Å². The number of cyclic esters (lactones) is 1. The van der Waals surface area contributed by atoms with Gasteiger partial charge in [-0.05, 0) is 41.5 Å². The number of carboxylic acids is 1. The van der Waals surface area contributed by atoms with Gasteiger partial charge in [0.1, 0.15) is 18.1 Å². The van der Waals surface area contributed by atoms with Gasteiger partial charge in [-0.2, -0.15) is 0 Å². The first kappa shape index (κ1) is 20.9.